The topological polar surface area (TPSA) is 29.5 Å². The summed E-state index contributed by atoms with van der Waals surface area (Å²) in [5, 5.41) is 0. The van der Waals surface area contributed by atoms with E-state index in [4.69, 9.17) is 4.74 Å². The molecule has 1 fully saturated rings. The van der Waals surface area contributed by atoms with Gasteiger partial charge in [-0.25, -0.2) is 0 Å². The van der Waals surface area contributed by atoms with Crippen molar-refractivity contribution in [2.75, 3.05) is 25.4 Å². The Morgan fingerprint density at radius 1 is 1.23 bits per heavy atom. The summed E-state index contributed by atoms with van der Waals surface area (Å²) in [5.41, 5.74) is 1.02. The Morgan fingerprint density at radius 2 is 2.00 bits per heavy atom. The zero-order valence-corrected chi connectivity index (χ0v) is 14.6. The first-order valence-electron chi connectivity index (χ1n) is 8.29. The van der Waals surface area contributed by atoms with Crippen LogP contribution in [0.2, 0.25) is 0 Å². The van der Waals surface area contributed by atoms with Gasteiger partial charge in [0.2, 0.25) is 0 Å². The van der Waals surface area contributed by atoms with Crippen molar-refractivity contribution in [1.82, 2.24) is 4.90 Å². The Kier molecular flexibility index (Phi) is 7.26. The summed E-state index contributed by atoms with van der Waals surface area (Å²) in [4.78, 5) is 14.9. The highest BCUT2D eigenvalue weighted by Crippen LogP contribution is 2.26. The minimum atomic E-state index is -0.263. The van der Waals surface area contributed by atoms with Gasteiger partial charge in [0, 0.05) is 11.8 Å². The molecule has 1 aliphatic heterocycles. The number of unbranched alkanes of at least 4 members (excludes halogenated alkanes) is 1. The number of nitrogens with zero attached hydrogens (tertiary/aromatic N) is 1. The monoisotopic (exact) mass is 321 g/mol. The highest BCUT2D eigenvalue weighted by Gasteiger charge is 2.09. The molecule has 1 aromatic carbocycles. The molecule has 1 saturated heterocycles. The predicted molar refractivity (Wildman–Crippen MR) is 92.7 cm³/mol. The van der Waals surface area contributed by atoms with Gasteiger partial charge in [-0.15, -0.1) is 11.8 Å². The van der Waals surface area contributed by atoms with Crippen molar-refractivity contribution < 1.29 is 9.53 Å². The second-order valence-corrected chi connectivity index (χ2v) is 7.15. The summed E-state index contributed by atoms with van der Waals surface area (Å²) in [6.45, 7) is 7.27. The summed E-state index contributed by atoms with van der Waals surface area (Å²) < 4.78 is 5.16. The van der Waals surface area contributed by atoms with Crippen LogP contribution in [0.1, 0.15) is 44.6 Å². The van der Waals surface area contributed by atoms with Crippen LogP contribution in [0, 0.1) is 6.92 Å². The first kappa shape index (κ1) is 17.4. The summed E-state index contributed by atoms with van der Waals surface area (Å²) >= 11 is 1.89. The quantitative estimate of drug-likeness (QED) is 0.324. The first-order valence-corrected chi connectivity index (χ1v) is 9.28. The Bertz CT molecular complexity index is 484. The Hall–Kier alpha value is -1.00. The maximum atomic E-state index is 11.0. The first-order chi connectivity index (χ1) is 10.6. The third kappa shape index (κ3) is 6.01. The molecule has 0 aromatic heterocycles. The number of carbonyl (C=O) groups is 1. The lowest BCUT2D eigenvalue weighted by atomic mass is 10.1. The van der Waals surface area contributed by atoms with E-state index in [0.29, 0.717) is 5.75 Å². The normalized spacial score (nSPS) is 15.7. The lowest BCUT2D eigenvalue weighted by Crippen LogP contribution is -2.30. The average molecular weight is 321 g/mol. The highest BCUT2D eigenvalue weighted by molar-refractivity contribution is 7.99. The number of benzene rings is 1. The van der Waals surface area contributed by atoms with Gasteiger partial charge in [-0.3, -0.25) is 4.79 Å². The zero-order chi connectivity index (χ0) is 15.8. The molecule has 1 aromatic rings. The van der Waals surface area contributed by atoms with Crippen LogP contribution in [0.4, 0.5) is 0 Å². The van der Waals surface area contributed by atoms with Crippen LogP contribution < -0.4 is 4.74 Å². The highest BCUT2D eigenvalue weighted by atomic mass is 32.2. The molecule has 0 unspecified atom stereocenters. The van der Waals surface area contributed by atoms with E-state index in [2.05, 4.69) is 11.0 Å². The number of thioether (sulfide) groups is 1. The van der Waals surface area contributed by atoms with Gasteiger partial charge in [0.05, 0.1) is 0 Å². The third-order valence-corrected chi connectivity index (χ3v) is 5.07. The number of esters is 1. The maximum absolute atomic E-state index is 11.0. The number of likely N-dealkylation sites (tertiary alicyclic amines) is 1. The molecule has 0 spiro atoms. The molecule has 0 atom stereocenters. The number of rotatable bonds is 7. The van der Waals surface area contributed by atoms with E-state index < -0.39 is 0 Å². The van der Waals surface area contributed by atoms with E-state index in [9.17, 15) is 4.79 Å². The largest absolute Gasteiger partial charge is 0.426 e. The van der Waals surface area contributed by atoms with Crippen LogP contribution in [0.3, 0.4) is 0 Å². The smallest absolute Gasteiger partial charge is 0.308 e. The number of hydrogen-bond donors (Lipinski definition) is 0. The maximum Gasteiger partial charge on any atom is 0.308 e. The minimum Gasteiger partial charge on any atom is -0.426 e. The van der Waals surface area contributed by atoms with E-state index in [1.165, 1.54) is 63.6 Å². The van der Waals surface area contributed by atoms with Crippen molar-refractivity contribution in [3.8, 4) is 5.75 Å². The number of ether oxygens (including phenoxy) is 1. The van der Waals surface area contributed by atoms with Gasteiger partial charge in [0.25, 0.3) is 0 Å². The molecule has 1 aliphatic rings. The molecule has 0 bridgehead atoms. The molecule has 0 saturated carbocycles. The average Bonchev–Trinajstić information content (AvgIpc) is 2.50. The number of aryl methyl sites for hydroxylation is 1. The molecule has 2 rings (SSSR count). The standard InChI is InChI=1S/C18H27NO2S/c1-15-14-17(8-9-18(15)21-16(2)20)22-13-7-6-12-19-10-4-3-5-11-19/h8-9,14H,3-7,10-13H2,1-2H3. The molecule has 0 amide bonds. The number of carbonyl (C=O) groups excluding carboxylic acids is 1. The van der Waals surface area contributed by atoms with Gasteiger partial charge in [-0.1, -0.05) is 6.42 Å². The van der Waals surface area contributed by atoms with E-state index in [-0.39, 0.29) is 5.97 Å². The van der Waals surface area contributed by atoms with E-state index >= 15 is 0 Å². The summed E-state index contributed by atoms with van der Waals surface area (Å²) in [5.74, 6) is 1.56. The summed E-state index contributed by atoms with van der Waals surface area (Å²) in [6.07, 6.45) is 6.71. The molecule has 0 radical (unpaired) electrons. The van der Waals surface area contributed by atoms with E-state index in [1.54, 1.807) is 0 Å². The molecular weight excluding hydrogens is 294 g/mol. The second-order valence-electron chi connectivity index (χ2n) is 5.98. The Labute approximate surface area is 138 Å². The summed E-state index contributed by atoms with van der Waals surface area (Å²) in [6, 6.07) is 6.04. The molecule has 1 heterocycles. The van der Waals surface area contributed by atoms with Crippen molar-refractivity contribution in [2.24, 2.45) is 0 Å². The van der Waals surface area contributed by atoms with Gasteiger partial charge in [0.1, 0.15) is 5.75 Å². The zero-order valence-electron chi connectivity index (χ0n) is 13.8. The van der Waals surface area contributed by atoms with Crippen LogP contribution in [0.5, 0.6) is 5.75 Å². The predicted octanol–water partition coefficient (Wildman–Crippen LogP) is 4.28. The molecular formula is C18H27NO2S. The van der Waals surface area contributed by atoms with Crippen molar-refractivity contribution in [2.45, 2.75) is 50.8 Å². The van der Waals surface area contributed by atoms with Crippen LogP contribution >= 0.6 is 11.8 Å². The van der Waals surface area contributed by atoms with Gasteiger partial charge in [-0.2, -0.15) is 0 Å². The van der Waals surface area contributed by atoms with Crippen molar-refractivity contribution >= 4 is 17.7 Å². The molecule has 22 heavy (non-hydrogen) atoms. The molecule has 3 nitrogen and oxygen atoms in total. The Balaban J connectivity index is 1.66. The number of piperidine rings is 1. The Morgan fingerprint density at radius 3 is 2.68 bits per heavy atom. The summed E-state index contributed by atoms with van der Waals surface area (Å²) in [7, 11) is 0. The lowest BCUT2D eigenvalue weighted by molar-refractivity contribution is -0.131. The van der Waals surface area contributed by atoms with Gasteiger partial charge >= 0.3 is 5.97 Å². The van der Waals surface area contributed by atoms with Crippen LogP contribution in [0.15, 0.2) is 23.1 Å². The van der Waals surface area contributed by atoms with Crippen molar-refractivity contribution in [3.05, 3.63) is 23.8 Å². The van der Waals surface area contributed by atoms with Gasteiger partial charge in [-0.05, 0) is 81.8 Å². The third-order valence-electron chi connectivity index (χ3n) is 3.99. The van der Waals surface area contributed by atoms with E-state index in [1.807, 2.05) is 30.8 Å². The van der Waals surface area contributed by atoms with Crippen molar-refractivity contribution in [1.29, 1.82) is 0 Å². The number of hydrogen-bond acceptors (Lipinski definition) is 4. The lowest BCUT2D eigenvalue weighted by Gasteiger charge is -2.26. The molecule has 122 valence electrons. The second kappa shape index (κ2) is 9.21. The van der Waals surface area contributed by atoms with Crippen LogP contribution in [-0.4, -0.2) is 36.3 Å². The molecule has 0 N–H and O–H groups in total. The van der Waals surface area contributed by atoms with E-state index in [0.717, 1.165) is 11.3 Å². The molecule has 4 heteroatoms. The van der Waals surface area contributed by atoms with Gasteiger partial charge < -0.3 is 9.64 Å². The minimum absolute atomic E-state index is 0.263. The van der Waals surface area contributed by atoms with Crippen LogP contribution in [-0.2, 0) is 4.79 Å². The molecule has 0 aliphatic carbocycles. The fourth-order valence-corrected chi connectivity index (χ4v) is 3.80. The van der Waals surface area contributed by atoms with Crippen LogP contribution in [0.25, 0.3) is 0 Å². The fourth-order valence-electron chi connectivity index (χ4n) is 2.79. The SMILES string of the molecule is CC(=O)Oc1ccc(SCCCCN2CCCCC2)cc1C. The fraction of sp³-hybridized carbons (Fsp3) is 0.611. The van der Waals surface area contributed by atoms with Gasteiger partial charge in [0.15, 0.2) is 0 Å². The van der Waals surface area contributed by atoms with Crippen molar-refractivity contribution in [3.63, 3.8) is 0 Å².